The molecule has 0 aromatic rings. The highest BCUT2D eigenvalue weighted by Gasteiger charge is 2.59. The van der Waals surface area contributed by atoms with E-state index in [0.717, 1.165) is 30.3 Å². The Bertz CT molecular complexity index is 636. The van der Waals surface area contributed by atoms with E-state index in [9.17, 15) is 4.79 Å². The Labute approximate surface area is 140 Å². The molecule has 0 spiro atoms. The van der Waals surface area contributed by atoms with Crippen LogP contribution in [-0.4, -0.2) is 5.78 Å². The number of ketones is 1. The molecule has 0 aliphatic heterocycles. The Balaban J connectivity index is 1.72. The van der Waals surface area contributed by atoms with Gasteiger partial charge in [-0.3, -0.25) is 4.79 Å². The molecule has 4 rings (SSSR count). The first-order chi connectivity index (χ1) is 10.9. The van der Waals surface area contributed by atoms with Crippen LogP contribution in [0.25, 0.3) is 0 Å². The Morgan fingerprint density at radius 2 is 1.91 bits per heavy atom. The van der Waals surface area contributed by atoms with Crippen LogP contribution in [0.5, 0.6) is 0 Å². The van der Waals surface area contributed by atoms with E-state index < -0.39 is 0 Å². The molecule has 0 aromatic carbocycles. The molecule has 3 saturated carbocycles. The van der Waals surface area contributed by atoms with E-state index >= 15 is 0 Å². The summed E-state index contributed by atoms with van der Waals surface area (Å²) >= 11 is 0. The highest BCUT2D eigenvalue weighted by atomic mass is 16.1. The summed E-state index contributed by atoms with van der Waals surface area (Å²) in [6, 6.07) is 0. The van der Waals surface area contributed by atoms with Crippen LogP contribution in [-0.2, 0) is 4.79 Å². The van der Waals surface area contributed by atoms with Crippen LogP contribution in [0.1, 0.15) is 65.7 Å². The Hall–Kier alpha value is -1.11. The summed E-state index contributed by atoms with van der Waals surface area (Å²) in [6.07, 6.45) is 12.8. The van der Waals surface area contributed by atoms with E-state index in [1.54, 1.807) is 5.57 Å². The highest BCUT2D eigenvalue weighted by molar-refractivity contribution is 5.99. The third kappa shape index (κ3) is 1.95. The molecule has 0 saturated heterocycles. The first-order valence-electron chi connectivity index (χ1n) is 9.49. The topological polar surface area (TPSA) is 17.1 Å². The largest absolute Gasteiger partial charge is 0.295 e. The van der Waals surface area contributed by atoms with E-state index in [1.165, 1.54) is 37.7 Å². The zero-order valence-corrected chi connectivity index (χ0v) is 15.0. The molecule has 0 aromatic heterocycles. The maximum atomic E-state index is 12.6. The minimum Gasteiger partial charge on any atom is -0.295 e. The van der Waals surface area contributed by atoms with E-state index in [-0.39, 0.29) is 5.41 Å². The standard InChI is InChI=1S/C22H30O/c1-5-17-20(23)13-19-16-7-6-15-12-14(2)8-10-21(15,3)18(16)9-11-22(17,19)4/h5,12,16,18-19H,2,6-11,13H2,1,3-4H3/b17-5+/t16?,18?,19?,21-,22+/m0/s1. The quantitative estimate of drug-likeness (QED) is 0.530. The van der Waals surface area contributed by atoms with Crippen molar-refractivity contribution in [1.29, 1.82) is 0 Å². The number of fused-ring (bicyclic) bond motifs is 5. The lowest BCUT2D eigenvalue weighted by molar-refractivity contribution is -0.115. The van der Waals surface area contributed by atoms with Crippen LogP contribution in [0.2, 0.25) is 0 Å². The molecule has 0 N–H and O–H groups in total. The van der Waals surface area contributed by atoms with Gasteiger partial charge in [0.25, 0.3) is 0 Å². The molecule has 0 amide bonds. The van der Waals surface area contributed by atoms with Crippen LogP contribution < -0.4 is 0 Å². The van der Waals surface area contributed by atoms with Gasteiger partial charge in [-0.2, -0.15) is 0 Å². The van der Waals surface area contributed by atoms with Gasteiger partial charge in [0, 0.05) is 6.42 Å². The molecule has 0 radical (unpaired) electrons. The monoisotopic (exact) mass is 310 g/mol. The molecule has 3 fully saturated rings. The lowest BCUT2D eigenvalue weighted by atomic mass is 9.47. The highest BCUT2D eigenvalue weighted by Crippen LogP contribution is 2.66. The van der Waals surface area contributed by atoms with Gasteiger partial charge in [-0.05, 0) is 79.6 Å². The van der Waals surface area contributed by atoms with Crippen LogP contribution in [0, 0.1) is 28.6 Å². The zero-order chi connectivity index (χ0) is 16.4. The van der Waals surface area contributed by atoms with Crippen molar-refractivity contribution in [2.45, 2.75) is 65.7 Å². The number of carbonyl (C=O) groups is 1. The van der Waals surface area contributed by atoms with Gasteiger partial charge in [0.2, 0.25) is 0 Å². The summed E-state index contributed by atoms with van der Waals surface area (Å²) in [5.74, 6) is 2.54. The predicted molar refractivity (Wildman–Crippen MR) is 95.0 cm³/mol. The van der Waals surface area contributed by atoms with Crippen molar-refractivity contribution in [3.8, 4) is 0 Å². The summed E-state index contributed by atoms with van der Waals surface area (Å²) < 4.78 is 0. The molecular formula is C22H30O. The number of hydrogen-bond donors (Lipinski definition) is 0. The molecule has 0 heterocycles. The second-order valence-corrected chi connectivity index (χ2v) is 8.95. The van der Waals surface area contributed by atoms with Crippen molar-refractivity contribution in [2.24, 2.45) is 28.6 Å². The van der Waals surface area contributed by atoms with Crippen molar-refractivity contribution < 1.29 is 4.79 Å². The fraction of sp³-hybridized carbons (Fsp3) is 0.682. The van der Waals surface area contributed by atoms with Crippen molar-refractivity contribution in [3.05, 3.63) is 35.5 Å². The maximum Gasteiger partial charge on any atom is 0.159 e. The molecule has 3 unspecified atom stereocenters. The van der Waals surface area contributed by atoms with Gasteiger partial charge >= 0.3 is 0 Å². The maximum absolute atomic E-state index is 12.6. The minimum atomic E-state index is 0.156. The van der Waals surface area contributed by atoms with Gasteiger partial charge in [-0.1, -0.05) is 43.7 Å². The minimum absolute atomic E-state index is 0.156. The molecule has 5 atom stereocenters. The van der Waals surface area contributed by atoms with Gasteiger partial charge in [0.15, 0.2) is 5.78 Å². The molecular weight excluding hydrogens is 280 g/mol. The summed E-state index contributed by atoms with van der Waals surface area (Å²) in [6.45, 7) is 11.2. The SMILES string of the molecule is C=C1C=C2CCC3C(CC[C@]4(C)/C(=C/C)C(=O)CC34)[C@@]2(C)CC1. The van der Waals surface area contributed by atoms with Crippen molar-refractivity contribution >= 4 is 5.78 Å². The van der Waals surface area contributed by atoms with Gasteiger partial charge in [0.05, 0.1) is 0 Å². The summed E-state index contributed by atoms with van der Waals surface area (Å²) in [5.41, 5.74) is 4.65. The third-order valence-electron chi connectivity index (χ3n) is 8.08. The first-order valence-corrected chi connectivity index (χ1v) is 9.49. The fourth-order valence-corrected chi connectivity index (χ4v) is 6.80. The molecule has 1 heteroatoms. The van der Waals surface area contributed by atoms with Crippen LogP contribution >= 0.6 is 0 Å². The van der Waals surface area contributed by atoms with E-state index in [0.29, 0.717) is 17.1 Å². The molecule has 23 heavy (non-hydrogen) atoms. The smallest absolute Gasteiger partial charge is 0.159 e. The fourth-order valence-electron chi connectivity index (χ4n) is 6.80. The third-order valence-corrected chi connectivity index (χ3v) is 8.08. The molecule has 4 aliphatic carbocycles. The molecule has 124 valence electrons. The van der Waals surface area contributed by atoms with Crippen LogP contribution in [0.15, 0.2) is 35.5 Å². The summed E-state index contributed by atoms with van der Waals surface area (Å²) in [4.78, 5) is 12.6. The molecule has 1 nitrogen and oxygen atoms in total. The number of carbonyl (C=O) groups excluding carboxylic acids is 1. The van der Waals surface area contributed by atoms with Crippen molar-refractivity contribution in [1.82, 2.24) is 0 Å². The van der Waals surface area contributed by atoms with Crippen LogP contribution in [0.3, 0.4) is 0 Å². The predicted octanol–water partition coefficient (Wildman–Crippen LogP) is 5.63. The lowest BCUT2D eigenvalue weighted by Gasteiger charge is -2.57. The number of Topliss-reactive ketones (excluding diaryl/α,β-unsaturated/α-hetero) is 1. The normalized spacial score (nSPS) is 47.9. The van der Waals surface area contributed by atoms with E-state index in [1.807, 2.05) is 0 Å². The Kier molecular flexibility index (Phi) is 3.31. The molecule has 0 bridgehead atoms. The van der Waals surface area contributed by atoms with Crippen molar-refractivity contribution in [2.75, 3.05) is 0 Å². The van der Waals surface area contributed by atoms with E-state index in [2.05, 4.69) is 39.5 Å². The van der Waals surface area contributed by atoms with Gasteiger partial charge in [-0.25, -0.2) is 0 Å². The second kappa shape index (κ2) is 4.94. The van der Waals surface area contributed by atoms with E-state index in [4.69, 9.17) is 0 Å². The van der Waals surface area contributed by atoms with Gasteiger partial charge in [-0.15, -0.1) is 0 Å². The number of allylic oxidation sites excluding steroid dienone is 5. The van der Waals surface area contributed by atoms with Crippen LogP contribution in [0.4, 0.5) is 0 Å². The second-order valence-electron chi connectivity index (χ2n) is 8.95. The Morgan fingerprint density at radius 3 is 2.65 bits per heavy atom. The first kappa shape index (κ1) is 15.4. The average molecular weight is 310 g/mol. The van der Waals surface area contributed by atoms with Crippen molar-refractivity contribution in [3.63, 3.8) is 0 Å². The molecule has 4 aliphatic rings. The Morgan fingerprint density at radius 1 is 1.13 bits per heavy atom. The van der Waals surface area contributed by atoms with Gasteiger partial charge in [0.1, 0.15) is 0 Å². The van der Waals surface area contributed by atoms with Gasteiger partial charge < -0.3 is 0 Å². The lowest BCUT2D eigenvalue weighted by Crippen LogP contribution is -2.49. The number of rotatable bonds is 0. The number of hydrogen-bond acceptors (Lipinski definition) is 1. The summed E-state index contributed by atoms with van der Waals surface area (Å²) in [5, 5.41) is 0. The zero-order valence-electron chi connectivity index (χ0n) is 15.0. The average Bonchev–Trinajstić information content (AvgIpc) is 2.77. The summed E-state index contributed by atoms with van der Waals surface area (Å²) in [7, 11) is 0.